The highest BCUT2D eigenvalue weighted by molar-refractivity contribution is 5.46. The van der Waals surface area contributed by atoms with Crippen molar-refractivity contribution in [1.82, 2.24) is 5.32 Å². The van der Waals surface area contributed by atoms with Crippen LogP contribution in [0.1, 0.15) is 12.5 Å². The molecular formula is C12H18N2O. The summed E-state index contributed by atoms with van der Waals surface area (Å²) in [6.45, 7) is 3.66. The van der Waals surface area contributed by atoms with Gasteiger partial charge in [0, 0.05) is 18.8 Å². The number of β-amino-alcohol motifs (C(OH)–C–C–N with tert-alkyl or cyclic N) is 1. The molecule has 3 nitrogen and oxygen atoms in total. The number of hydrogen-bond donors (Lipinski definition) is 3. The van der Waals surface area contributed by atoms with Gasteiger partial charge in [0.1, 0.15) is 0 Å². The summed E-state index contributed by atoms with van der Waals surface area (Å²) in [5.74, 6) is 0. The van der Waals surface area contributed by atoms with Crippen molar-refractivity contribution in [2.75, 3.05) is 18.4 Å². The first-order valence-corrected chi connectivity index (χ1v) is 5.54. The van der Waals surface area contributed by atoms with Gasteiger partial charge in [-0.3, -0.25) is 0 Å². The van der Waals surface area contributed by atoms with Crippen LogP contribution in [-0.2, 0) is 6.42 Å². The van der Waals surface area contributed by atoms with Crippen LogP contribution in [0.2, 0.25) is 0 Å². The Labute approximate surface area is 90.5 Å². The fourth-order valence-corrected chi connectivity index (χ4v) is 1.86. The van der Waals surface area contributed by atoms with Crippen LogP contribution in [0.15, 0.2) is 24.3 Å². The van der Waals surface area contributed by atoms with Gasteiger partial charge in [0.2, 0.25) is 0 Å². The molecule has 1 aromatic rings. The van der Waals surface area contributed by atoms with E-state index in [9.17, 15) is 5.11 Å². The van der Waals surface area contributed by atoms with Gasteiger partial charge in [-0.1, -0.05) is 19.1 Å². The van der Waals surface area contributed by atoms with Gasteiger partial charge in [0.15, 0.2) is 0 Å². The van der Waals surface area contributed by atoms with Gasteiger partial charge >= 0.3 is 0 Å². The minimum absolute atomic E-state index is 0.137. The van der Waals surface area contributed by atoms with Crippen molar-refractivity contribution >= 4 is 5.69 Å². The van der Waals surface area contributed by atoms with Gasteiger partial charge in [-0.25, -0.2) is 0 Å². The Morgan fingerprint density at radius 1 is 1.33 bits per heavy atom. The zero-order valence-corrected chi connectivity index (χ0v) is 9.03. The van der Waals surface area contributed by atoms with E-state index in [4.69, 9.17) is 0 Å². The second-order valence-corrected chi connectivity index (χ2v) is 4.03. The molecule has 82 valence electrons. The SMILES string of the molecule is CCc1ccc(N[C@@H]2CNC[C@H]2O)cc1. The molecule has 0 spiro atoms. The zero-order valence-electron chi connectivity index (χ0n) is 9.03. The first kappa shape index (κ1) is 10.5. The molecule has 2 rings (SSSR count). The molecule has 1 aliphatic heterocycles. The molecule has 0 saturated carbocycles. The molecule has 1 saturated heterocycles. The molecule has 3 N–H and O–H groups in total. The summed E-state index contributed by atoms with van der Waals surface area (Å²) < 4.78 is 0. The molecule has 3 heteroatoms. The van der Waals surface area contributed by atoms with Crippen LogP contribution in [0.5, 0.6) is 0 Å². The van der Waals surface area contributed by atoms with Crippen molar-refractivity contribution in [3.05, 3.63) is 29.8 Å². The van der Waals surface area contributed by atoms with E-state index in [1.807, 2.05) is 0 Å². The predicted octanol–water partition coefficient (Wildman–Crippen LogP) is 0.994. The standard InChI is InChI=1S/C12H18N2O/c1-2-9-3-5-10(6-4-9)14-11-7-13-8-12(11)15/h3-6,11-15H,2,7-8H2,1H3/t11-,12-/m1/s1. The number of aliphatic hydroxyl groups excluding tert-OH is 1. The van der Waals surface area contributed by atoms with Gasteiger partial charge in [0.25, 0.3) is 0 Å². The van der Waals surface area contributed by atoms with Crippen molar-refractivity contribution in [3.63, 3.8) is 0 Å². The highest BCUT2D eigenvalue weighted by Crippen LogP contribution is 2.13. The summed E-state index contributed by atoms with van der Waals surface area (Å²) in [6, 6.07) is 8.53. The number of rotatable bonds is 3. The third-order valence-electron chi connectivity index (χ3n) is 2.90. The minimum Gasteiger partial charge on any atom is -0.390 e. The molecule has 0 bridgehead atoms. The van der Waals surface area contributed by atoms with Gasteiger partial charge < -0.3 is 15.7 Å². The van der Waals surface area contributed by atoms with Gasteiger partial charge in [-0.15, -0.1) is 0 Å². The fourth-order valence-electron chi connectivity index (χ4n) is 1.86. The van der Waals surface area contributed by atoms with Crippen LogP contribution in [0.4, 0.5) is 5.69 Å². The largest absolute Gasteiger partial charge is 0.390 e. The molecule has 1 aliphatic rings. The van der Waals surface area contributed by atoms with Crippen LogP contribution in [-0.4, -0.2) is 30.3 Å². The van der Waals surface area contributed by atoms with Gasteiger partial charge in [-0.05, 0) is 24.1 Å². The molecule has 1 heterocycles. The first-order valence-electron chi connectivity index (χ1n) is 5.54. The summed E-state index contributed by atoms with van der Waals surface area (Å²) in [4.78, 5) is 0. The van der Waals surface area contributed by atoms with Gasteiger partial charge in [0.05, 0.1) is 12.1 Å². The van der Waals surface area contributed by atoms with E-state index in [1.54, 1.807) is 0 Å². The van der Waals surface area contributed by atoms with E-state index >= 15 is 0 Å². The third kappa shape index (κ3) is 2.49. The molecule has 2 atom stereocenters. The third-order valence-corrected chi connectivity index (χ3v) is 2.90. The summed E-state index contributed by atoms with van der Waals surface area (Å²) in [5, 5.41) is 16.1. The summed E-state index contributed by atoms with van der Waals surface area (Å²) in [6.07, 6.45) is 0.782. The Kier molecular flexibility index (Phi) is 3.23. The van der Waals surface area contributed by atoms with E-state index in [0.717, 1.165) is 18.7 Å². The van der Waals surface area contributed by atoms with Crippen LogP contribution in [0, 0.1) is 0 Å². The molecule has 0 unspecified atom stereocenters. The summed E-state index contributed by atoms with van der Waals surface area (Å²) >= 11 is 0. The van der Waals surface area contributed by atoms with Crippen LogP contribution in [0.3, 0.4) is 0 Å². The summed E-state index contributed by atoms with van der Waals surface area (Å²) in [5.41, 5.74) is 2.42. The Morgan fingerprint density at radius 2 is 2.07 bits per heavy atom. The molecule has 1 fully saturated rings. The van der Waals surface area contributed by atoms with Crippen molar-refractivity contribution in [2.24, 2.45) is 0 Å². The lowest BCUT2D eigenvalue weighted by Crippen LogP contribution is -2.31. The lowest BCUT2D eigenvalue weighted by Gasteiger charge is -2.16. The lowest BCUT2D eigenvalue weighted by molar-refractivity contribution is 0.185. The average Bonchev–Trinajstić information content (AvgIpc) is 2.66. The van der Waals surface area contributed by atoms with Crippen molar-refractivity contribution in [2.45, 2.75) is 25.5 Å². The average molecular weight is 206 g/mol. The molecule has 0 aromatic heterocycles. The maximum atomic E-state index is 9.63. The monoisotopic (exact) mass is 206 g/mol. The summed E-state index contributed by atoms with van der Waals surface area (Å²) in [7, 11) is 0. The van der Waals surface area contributed by atoms with Gasteiger partial charge in [-0.2, -0.15) is 0 Å². The highest BCUT2D eigenvalue weighted by atomic mass is 16.3. The quantitative estimate of drug-likeness (QED) is 0.691. The Morgan fingerprint density at radius 3 is 2.60 bits per heavy atom. The molecular weight excluding hydrogens is 188 g/mol. The molecule has 1 aromatic carbocycles. The molecule has 0 amide bonds. The van der Waals surface area contributed by atoms with E-state index in [-0.39, 0.29) is 12.1 Å². The molecule has 0 radical (unpaired) electrons. The Hall–Kier alpha value is -1.06. The van der Waals surface area contributed by atoms with Crippen molar-refractivity contribution in [3.8, 4) is 0 Å². The maximum absolute atomic E-state index is 9.63. The van der Waals surface area contributed by atoms with E-state index in [2.05, 4.69) is 41.8 Å². The molecule has 0 aliphatic carbocycles. The smallest absolute Gasteiger partial charge is 0.0877 e. The van der Waals surface area contributed by atoms with Crippen molar-refractivity contribution < 1.29 is 5.11 Å². The van der Waals surface area contributed by atoms with E-state index < -0.39 is 0 Å². The number of hydrogen-bond acceptors (Lipinski definition) is 3. The van der Waals surface area contributed by atoms with E-state index in [0.29, 0.717) is 6.54 Å². The van der Waals surface area contributed by atoms with E-state index in [1.165, 1.54) is 5.56 Å². The first-order chi connectivity index (χ1) is 7.29. The topological polar surface area (TPSA) is 44.3 Å². The highest BCUT2D eigenvalue weighted by Gasteiger charge is 2.24. The zero-order chi connectivity index (χ0) is 10.7. The second kappa shape index (κ2) is 4.64. The molecule has 15 heavy (non-hydrogen) atoms. The van der Waals surface area contributed by atoms with Crippen molar-refractivity contribution in [1.29, 1.82) is 0 Å². The Balaban J connectivity index is 1.98. The number of nitrogens with one attached hydrogen (secondary N) is 2. The fraction of sp³-hybridized carbons (Fsp3) is 0.500. The Bertz CT molecular complexity index is 310. The minimum atomic E-state index is -0.282. The number of anilines is 1. The van der Waals surface area contributed by atoms with Crippen LogP contribution in [0.25, 0.3) is 0 Å². The maximum Gasteiger partial charge on any atom is 0.0877 e. The number of aliphatic hydroxyl groups is 1. The second-order valence-electron chi connectivity index (χ2n) is 4.03. The van der Waals surface area contributed by atoms with Crippen LogP contribution >= 0.6 is 0 Å². The lowest BCUT2D eigenvalue weighted by atomic mass is 10.1. The predicted molar refractivity (Wildman–Crippen MR) is 62.1 cm³/mol. The normalized spacial score (nSPS) is 25.5. The number of aryl methyl sites for hydroxylation is 1. The number of benzene rings is 1. The van der Waals surface area contributed by atoms with Crippen LogP contribution < -0.4 is 10.6 Å².